The molecule has 1 aliphatic rings. The zero-order valence-corrected chi connectivity index (χ0v) is 17.5. The lowest BCUT2D eigenvalue weighted by Gasteiger charge is -2.21. The highest BCUT2D eigenvalue weighted by Gasteiger charge is 2.16. The van der Waals surface area contributed by atoms with Gasteiger partial charge in [-0.2, -0.15) is 0 Å². The zero-order valence-electron chi connectivity index (χ0n) is 16.0. The van der Waals surface area contributed by atoms with E-state index in [4.69, 9.17) is 11.6 Å². The van der Waals surface area contributed by atoms with E-state index in [-0.39, 0.29) is 11.9 Å². The van der Waals surface area contributed by atoms with E-state index in [2.05, 4.69) is 30.4 Å². The molecule has 2 aromatic carbocycles. The van der Waals surface area contributed by atoms with Gasteiger partial charge in [0.05, 0.1) is 6.04 Å². The average molecular weight is 402 g/mol. The molecule has 0 spiro atoms. The van der Waals surface area contributed by atoms with Crippen LogP contribution in [-0.4, -0.2) is 11.7 Å². The van der Waals surface area contributed by atoms with Crippen molar-refractivity contribution in [2.24, 2.45) is 0 Å². The lowest BCUT2D eigenvalue weighted by atomic mass is 9.89. The predicted octanol–water partition coefficient (Wildman–Crippen LogP) is 6.36. The molecule has 0 saturated heterocycles. The second kappa shape index (κ2) is 10.2. The van der Waals surface area contributed by atoms with Crippen molar-refractivity contribution in [1.29, 1.82) is 0 Å². The highest BCUT2D eigenvalue weighted by molar-refractivity contribution is 7.99. The zero-order chi connectivity index (χ0) is 19.1. The van der Waals surface area contributed by atoms with Gasteiger partial charge in [-0.25, -0.2) is 0 Å². The Hall–Kier alpha value is -1.45. The van der Waals surface area contributed by atoms with Gasteiger partial charge in [0.25, 0.3) is 0 Å². The molecule has 2 nitrogen and oxygen atoms in total. The molecule has 4 heteroatoms. The van der Waals surface area contributed by atoms with Crippen LogP contribution < -0.4 is 5.32 Å². The number of hydrogen-bond donors (Lipinski definition) is 1. The average Bonchev–Trinajstić information content (AvgIpc) is 2.70. The van der Waals surface area contributed by atoms with E-state index in [1.165, 1.54) is 47.3 Å². The van der Waals surface area contributed by atoms with E-state index in [9.17, 15) is 4.79 Å². The Morgan fingerprint density at radius 3 is 2.59 bits per heavy atom. The fourth-order valence-corrected chi connectivity index (χ4v) is 4.59. The second-order valence-corrected chi connectivity index (χ2v) is 8.77. The van der Waals surface area contributed by atoms with Gasteiger partial charge in [0.2, 0.25) is 5.91 Å². The smallest absolute Gasteiger partial charge is 0.220 e. The summed E-state index contributed by atoms with van der Waals surface area (Å²) in [5, 5.41) is 3.99. The normalized spacial score (nSPS) is 14.4. The quantitative estimate of drug-likeness (QED) is 0.412. The van der Waals surface area contributed by atoms with Crippen LogP contribution in [0.2, 0.25) is 5.02 Å². The van der Waals surface area contributed by atoms with Crippen LogP contribution in [0, 0.1) is 0 Å². The van der Waals surface area contributed by atoms with Crippen LogP contribution in [0.1, 0.15) is 61.8 Å². The van der Waals surface area contributed by atoms with Crippen molar-refractivity contribution in [3.8, 4) is 0 Å². The summed E-state index contributed by atoms with van der Waals surface area (Å²) < 4.78 is 0. The molecule has 27 heavy (non-hydrogen) atoms. The molecule has 1 amide bonds. The number of hydrogen-bond acceptors (Lipinski definition) is 2. The van der Waals surface area contributed by atoms with Crippen molar-refractivity contribution >= 4 is 29.3 Å². The monoisotopic (exact) mass is 401 g/mol. The first-order valence-corrected chi connectivity index (χ1v) is 11.3. The molecule has 2 aromatic rings. The summed E-state index contributed by atoms with van der Waals surface area (Å²) in [7, 11) is 0. The lowest BCUT2D eigenvalue weighted by molar-refractivity contribution is -0.121. The number of fused-ring (bicyclic) bond motifs is 1. The minimum atomic E-state index is 0.119. The standard InChI is InChI=1S/C23H28ClNOS/c1-2-22(19-10-9-17-6-3-4-7-18(17)16-19)25-23(26)8-5-15-27-21-13-11-20(24)12-14-21/h9-14,16,22H,2-8,15H2,1H3,(H,25,26)/t22-/m0/s1. The molecule has 0 aromatic heterocycles. The number of halogens is 1. The van der Waals surface area contributed by atoms with Crippen LogP contribution in [0.15, 0.2) is 47.4 Å². The van der Waals surface area contributed by atoms with E-state index in [1.54, 1.807) is 11.8 Å². The first kappa shape index (κ1) is 20.3. The Morgan fingerprint density at radius 2 is 1.85 bits per heavy atom. The van der Waals surface area contributed by atoms with Gasteiger partial charge in [0, 0.05) is 16.3 Å². The Balaban J connectivity index is 1.46. The Labute approximate surface area is 172 Å². The molecule has 3 rings (SSSR count). The summed E-state index contributed by atoms with van der Waals surface area (Å²) in [5.74, 6) is 1.08. The fourth-order valence-electron chi connectivity index (χ4n) is 3.61. The molecule has 0 fully saturated rings. The third-order valence-electron chi connectivity index (χ3n) is 5.15. The predicted molar refractivity (Wildman–Crippen MR) is 116 cm³/mol. The van der Waals surface area contributed by atoms with E-state index >= 15 is 0 Å². The van der Waals surface area contributed by atoms with Crippen molar-refractivity contribution in [1.82, 2.24) is 5.32 Å². The summed E-state index contributed by atoms with van der Waals surface area (Å²) in [4.78, 5) is 13.6. The van der Waals surface area contributed by atoms with E-state index in [0.29, 0.717) is 6.42 Å². The van der Waals surface area contributed by atoms with Gasteiger partial charge in [-0.1, -0.05) is 36.7 Å². The van der Waals surface area contributed by atoms with Crippen molar-refractivity contribution in [2.75, 3.05) is 5.75 Å². The number of benzene rings is 2. The summed E-state index contributed by atoms with van der Waals surface area (Å²) in [6.45, 7) is 2.14. The van der Waals surface area contributed by atoms with Gasteiger partial charge in [-0.05, 0) is 85.2 Å². The summed E-state index contributed by atoms with van der Waals surface area (Å²) in [6.07, 6.45) is 7.32. The third-order valence-corrected chi connectivity index (χ3v) is 6.50. The van der Waals surface area contributed by atoms with Gasteiger partial charge < -0.3 is 5.32 Å². The molecule has 144 valence electrons. The Kier molecular flexibility index (Phi) is 7.66. The minimum Gasteiger partial charge on any atom is -0.349 e. The summed E-state index contributed by atoms with van der Waals surface area (Å²) >= 11 is 7.67. The van der Waals surface area contributed by atoms with Crippen molar-refractivity contribution < 1.29 is 4.79 Å². The largest absolute Gasteiger partial charge is 0.349 e. The Morgan fingerprint density at radius 1 is 1.11 bits per heavy atom. The summed E-state index contributed by atoms with van der Waals surface area (Å²) in [5.41, 5.74) is 4.22. The molecule has 0 saturated carbocycles. The van der Waals surface area contributed by atoms with E-state index in [0.717, 1.165) is 23.6 Å². The number of rotatable bonds is 8. The highest BCUT2D eigenvalue weighted by Crippen LogP contribution is 2.26. The van der Waals surface area contributed by atoms with Crippen LogP contribution >= 0.6 is 23.4 Å². The molecule has 1 atom stereocenters. The molecule has 1 N–H and O–H groups in total. The number of nitrogens with one attached hydrogen (secondary N) is 1. The van der Waals surface area contributed by atoms with Crippen molar-refractivity contribution in [3.63, 3.8) is 0 Å². The van der Waals surface area contributed by atoms with Gasteiger partial charge >= 0.3 is 0 Å². The van der Waals surface area contributed by atoms with Crippen LogP contribution in [-0.2, 0) is 17.6 Å². The van der Waals surface area contributed by atoms with Crippen molar-refractivity contribution in [3.05, 3.63) is 64.2 Å². The van der Waals surface area contributed by atoms with Gasteiger partial charge in [-0.15, -0.1) is 11.8 Å². The topological polar surface area (TPSA) is 29.1 Å². The number of carbonyl (C=O) groups is 1. The van der Waals surface area contributed by atoms with Crippen LogP contribution in [0.3, 0.4) is 0 Å². The van der Waals surface area contributed by atoms with E-state index < -0.39 is 0 Å². The maximum Gasteiger partial charge on any atom is 0.220 e. The lowest BCUT2D eigenvalue weighted by Crippen LogP contribution is -2.28. The number of aryl methyl sites for hydroxylation is 2. The maximum absolute atomic E-state index is 12.4. The van der Waals surface area contributed by atoms with Gasteiger partial charge in [0.1, 0.15) is 0 Å². The second-order valence-electron chi connectivity index (χ2n) is 7.17. The molecule has 0 bridgehead atoms. The van der Waals surface area contributed by atoms with E-state index in [1.807, 2.05) is 24.3 Å². The third kappa shape index (κ3) is 6.02. The molecule has 0 heterocycles. The van der Waals surface area contributed by atoms with Gasteiger partial charge in [0.15, 0.2) is 0 Å². The number of thioether (sulfide) groups is 1. The Bertz CT molecular complexity index is 759. The van der Waals surface area contributed by atoms with Crippen LogP contribution in [0.25, 0.3) is 0 Å². The van der Waals surface area contributed by atoms with Crippen LogP contribution in [0.5, 0.6) is 0 Å². The first-order chi connectivity index (χ1) is 13.2. The molecule has 1 aliphatic carbocycles. The first-order valence-electron chi connectivity index (χ1n) is 9.95. The molecule has 0 unspecified atom stereocenters. The fraction of sp³-hybridized carbons (Fsp3) is 0.435. The molecule has 0 radical (unpaired) electrons. The molecular weight excluding hydrogens is 374 g/mol. The highest BCUT2D eigenvalue weighted by atomic mass is 35.5. The SMILES string of the molecule is CC[C@H](NC(=O)CCCSc1ccc(Cl)cc1)c1ccc2c(c1)CCCC2. The summed E-state index contributed by atoms with van der Waals surface area (Å²) in [6, 6.07) is 14.8. The maximum atomic E-state index is 12.4. The minimum absolute atomic E-state index is 0.119. The van der Waals surface area contributed by atoms with Crippen LogP contribution in [0.4, 0.5) is 0 Å². The number of amides is 1. The molecular formula is C23H28ClNOS. The molecule has 0 aliphatic heterocycles. The number of carbonyl (C=O) groups excluding carboxylic acids is 1. The van der Waals surface area contributed by atoms with Gasteiger partial charge in [-0.3, -0.25) is 4.79 Å². The van der Waals surface area contributed by atoms with Crippen molar-refractivity contribution in [2.45, 2.75) is 62.8 Å².